The molecule has 100 valence electrons. The van der Waals surface area contributed by atoms with Gasteiger partial charge in [-0.3, -0.25) is 4.79 Å². The smallest absolute Gasteiger partial charge is 0.227 e. The lowest BCUT2D eigenvalue weighted by Gasteiger charge is -2.30. The molecule has 0 aromatic heterocycles. The molecule has 0 saturated carbocycles. The van der Waals surface area contributed by atoms with Crippen molar-refractivity contribution in [2.45, 2.75) is 52.1 Å². The second kappa shape index (κ2) is 6.97. The molecule has 0 aromatic rings. The summed E-state index contributed by atoms with van der Waals surface area (Å²) < 4.78 is 5.60. The quantitative estimate of drug-likeness (QED) is 0.740. The van der Waals surface area contributed by atoms with Gasteiger partial charge in [0.2, 0.25) is 5.91 Å². The monoisotopic (exact) mass is 242 g/mol. The molecule has 1 saturated heterocycles. The first-order valence-electron chi connectivity index (χ1n) is 6.78. The van der Waals surface area contributed by atoms with E-state index in [1.807, 2.05) is 13.8 Å². The third-order valence-electron chi connectivity index (χ3n) is 3.99. The van der Waals surface area contributed by atoms with E-state index in [-0.39, 0.29) is 12.0 Å². The Morgan fingerprint density at radius 3 is 2.59 bits per heavy atom. The predicted molar refractivity (Wildman–Crippen MR) is 68.7 cm³/mol. The Hall–Kier alpha value is -0.610. The third-order valence-corrected chi connectivity index (χ3v) is 3.99. The lowest BCUT2D eigenvalue weighted by Crippen LogP contribution is -2.47. The van der Waals surface area contributed by atoms with Gasteiger partial charge < -0.3 is 15.8 Å². The molecule has 3 N–H and O–H groups in total. The minimum Gasteiger partial charge on any atom is -0.376 e. The van der Waals surface area contributed by atoms with E-state index >= 15 is 0 Å². The van der Waals surface area contributed by atoms with Crippen LogP contribution in [0.1, 0.15) is 46.0 Å². The van der Waals surface area contributed by atoms with Crippen molar-refractivity contribution >= 4 is 5.91 Å². The van der Waals surface area contributed by atoms with Crippen molar-refractivity contribution < 1.29 is 9.53 Å². The number of rotatable bonds is 6. The lowest BCUT2D eigenvalue weighted by atomic mass is 9.81. The molecule has 1 aliphatic heterocycles. The van der Waals surface area contributed by atoms with Crippen LogP contribution in [-0.4, -0.2) is 31.7 Å². The highest BCUT2D eigenvalue weighted by molar-refractivity contribution is 5.82. The summed E-state index contributed by atoms with van der Waals surface area (Å²) in [4.78, 5) is 12.2. The Balaban J connectivity index is 2.41. The van der Waals surface area contributed by atoms with E-state index in [9.17, 15) is 4.79 Å². The van der Waals surface area contributed by atoms with Crippen molar-refractivity contribution in [3.8, 4) is 0 Å². The van der Waals surface area contributed by atoms with Crippen LogP contribution >= 0.6 is 0 Å². The Morgan fingerprint density at radius 2 is 2.12 bits per heavy atom. The summed E-state index contributed by atoms with van der Waals surface area (Å²) in [6.45, 7) is 5.90. The average molecular weight is 242 g/mol. The minimum atomic E-state index is -0.394. The van der Waals surface area contributed by atoms with Crippen LogP contribution in [0.25, 0.3) is 0 Å². The standard InChI is InChI=1S/C13H26N2O2/c1-3-13(4-2,10-14)12(16)15-9-11-7-5-6-8-17-11/h11H,3-10,14H2,1-2H3,(H,15,16). The zero-order valence-corrected chi connectivity index (χ0v) is 11.1. The van der Waals surface area contributed by atoms with Crippen molar-refractivity contribution in [1.82, 2.24) is 5.32 Å². The van der Waals surface area contributed by atoms with Crippen LogP contribution in [-0.2, 0) is 9.53 Å². The lowest BCUT2D eigenvalue weighted by molar-refractivity contribution is -0.132. The fourth-order valence-electron chi connectivity index (χ4n) is 2.31. The van der Waals surface area contributed by atoms with Gasteiger partial charge in [0, 0.05) is 19.7 Å². The topological polar surface area (TPSA) is 64.4 Å². The Bertz CT molecular complexity index is 225. The van der Waals surface area contributed by atoms with Crippen molar-refractivity contribution in [2.75, 3.05) is 19.7 Å². The number of hydrogen-bond acceptors (Lipinski definition) is 3. The fourth-order valence-corrected chi connectivity index (χ4v) is 2.31. The van der Waals surface area contributed by atoms with Crippen molar-refractivity contribution in [3.63, 3.8) is 0 Å². The third kappa shape index (κ3) is 3.68. The molecular formula is C13H26N2O2. The average Bonchev–Trinajstić information content (AvgIpc) is 2.40. The number of nitrogens with one attached hydrogen (secondary N) is 1. The summed E-state index contributed by atoms with van der Waals surface area (Å²) in [5, 5.41) is 3.00. The first-order valence-corrected chi connectivity index (χ1v) is 6.78. The molecular weight excluding hydrogens is 216 g/mol. The maximum atomic E-state index is 12.2. The molecule has 1 aliphatic rings. The van der Waals surface area contributed by atoms with Crippen molar-refractivity contribution in [1.29, 1.82) is 0 Å². The summed E-state index contributed by atoms with van der Waals surface area (Å²) in [7, 11) is 0. The summed E-state index contributed by atoms with van der Waals surface area (Å²) in [6, 6.07) is 0. The molecule has 1 heterocycles. The highest BCUT2D eigenvalue weighted by atomic mass is 16.5. The van der Waals surface area contributed by atoms with E-state index in [4.69, 9.17) is 10.5 Å². The first kappa shape index (κ1) is 14.5. The van der Waals surface area contributed by atoms with Crippen LogP contribution < -0.4 is 11.1 Å². The molecule has 1 fully saturated rings. The number of ether oxygens (including phenoxy) is 1. The zero-order valence-electron chi connectivity index (χ0n) is 11.1. The van der Waals surface area contributed by atoms with Crippen LogP contribution in [0, 0.1) is 5.41 Å². The van der Waals surface area contributed by atoms with E-state index in [1.165, 1.54) is 6.42 Å². The van der Waals surface area contributed by atoms with Gasteiger partial charge in [0.05, 0.1) is 11.5 Å². The van der Waals surface area contributed by atoms with Gasteiger partial charge in [-0.15, -0.1) is 0 Å². The SMILES string of the molecule is CCC(CC)(CN)C(=O)NCC1CCCCO1. The molecule has 0 spiro atoms. The van der Waals surface area contributed by atoms with E-state index in [0.717, 1.165) is 32.3 Å². The van der Waals surface area contributed by atoms with E-state index in [2.05, 4.69) is 5.32 Å². The predicted octanol–water partition coefficient (Wildman–Crippen LogP) is 1.44. The van der Waals surface area contributed by atoms with E-state index in [1.54, 1.807) is 0 Å². The number of carbonyl (C=O) groups is 1. The summed E-state index contributed by atoms with van der Waals surface area (Å²) in [5.41, 5.74) is 5.35. The van der Waals surface area contributed by atoms with Gasteiger partial charge in [0.15, 0.2) is 0 Å². The van der Waals surface area contributed by atoms with Crippen molar-refractivity contribution in [3.05, 3.63) is 0 Å². The second-order valence-electron chi connectivity index (χ2n) is 4.89. The molecule has 1 atom stereocenters. The van der Waals surface area contributed by atoms with Crippen LogP contribution in [0.4, 0.5) is 0 Å². The van der Waals surface area contributed by atoms with Gasteiger partial charge in [-0.1, -0.05) is 13.8 Å². The molecule has 0 bridgehead atoms. The van der Waals surface area contributed by atoms with Crippen LogP contribution in [0.5, 0.6) is 0 Å². The first-order chi connectivity index (χ1) is 8.18. The molecule has 0 radical (unpaired) electrons. The summed E-state index contributed by atoms with van der Waals surface area (Å²) in [6.07, 6.45) is 5.16. The zero-order chi connectivity index (χ0) is 12.7. The van der Waals surface area contributed by atoms with Gasteiger partial charge in [-0.05, 0) is 32.1 Å². The highest BCUT2D eigenvalue weighted by Gasteiger charge is 2.33. The number of nitrogens with two attached hydrogens (primary N) is 1. The Labute approximate surface area is 104 Å². The summed E-state index contributed by atoms with van der Waals surface area (Å²) >= 11 is 0. The molecule has 1 rings (SSSR count). The van der Waals surface area contributed by atoms with E-state index in [0.29, 0.717) is 13.1 Å². The second-order valence-corrected chi connectivity index (χ2v) is 4.89. The molecule has 0 aliphatic carbocycles. The highest BCUT2D eigenvalue weighted by Crippen LogP contribution is 2.25. The van der Waals surface area contributed by atoms with E-state index < -0.39 is 5.41 Å². The number of carbonyl (C=O) groups excluding carboxylic acids is 1. The molecule has 1 unspecified atom stereocenters. The number of amides is 1. The molecule has 4 heteroatoms. The fraction of sp³-hybridized carbons (Fsp3) is 0.923. The van der Waals surface area contributed by atoms with Crippen LogP contribution in [0.2, 0.25) is 0 Å². The van der Waals surface area contributed by atoms with Crippen LogP contribution in [0.15, 0.2) is 0 Å². The Morgan fingerprint density at radius 1 is 1.41 bits per heavy atom. The van der Waals surface area contributed by atoms with Gasteiger partial charge in [-0.25, -0.2) is 0 Å². The Kier molecular flexibility index (Phi) is 5.92. The maximum Gasteiger partial charge on any atom is 0.227 e. The minimum absolute atomic E-state index is 0.0826. The summed E-state index contributed by atoms with van der Waals surface area (Å²) in [5.74, 6) is 0.0826. The normalized spacial score (nSPS) is 21.2. The van der Waals surface area contributed by atoms with Gasteiger partial charge in [0.1, 0.15) is 0 Å². The molecule has 1 amide bonds. The largest absolute Gasteiger partial charge is 0.376 e. The van der Waals surface area contributed by atoms with Gasteiger partial charge in [-0.2, -0.15) is 0 Å². The molecule has 4 nitrogen and oxygen atoms in total. The van der Waals surface area contributed by atoms with Crippen molar-refractivity contribution in [2.24, 2.45) is 11.1 Å². The maximum absolute atomic E-state index is 12.2. The molecule has 17 heavy (non-hydrogen) atoms. The number of hydrogen-bond donors (Lipinski definition) is 2. The van der Waals surface area contributed by atoms with Gasteiger partial charge in [0.25, 0.3) is 0 Å². The van der Waals surface area contributed by atoms with Gasteiger partial charge >= 0.3 is 0 Å². The molecule has 0 aromatic carbocycles. The van der Waals surface area contributed by atoms with Crippen LogP contribution in [0.3, 0.4) is 0 Å².